The Labute approximate surface area is 244 Å². The van der Waals surface area contributed by atoms with Crippen molar-refractivity contribution >= 4 is 17.7 Å². The fourth-order valence-corrected chi connectivity index (χ4v) is 5.51. The Balaban J connectivity index is 1.31. The number of carbonyl (C=O) groups is 2. The number of amides is 1. The van der Waals surface area contributed by atoms with E-state index in [0.29, 0.717) is 32.4 Å². The van der Waals surface area contributed by atoms with Gasteiger partial charge in [0.05, 0.1) is 23.8 Å². The summed E-state index contributed by atoms with van der Waals surface area (Å²) in [6, 6.07) is 3.81. The van der Waals surface area contributed by atoms with Crippen LogP contribution in [-0.2, 0) is 28.5 Å². The van der Waals surface area contributed by atoms with Crippen LogP contribution in [0.1, 0.15) is 78.5 Å². The molecule has 1 aliphatic carbocycles. The molecule has 0 aromatic carbocycles. The highest BCUT2D eigenvalue weighted by Crippen LogP contribution is 2.31. The molecule has 0 saturated heterocycles. The van der Waals surface area contributed by atoms with Crippen molar-refractivity contribution in [2.75, 3.05) is 38.1 Å². The number of pyridine rings is 2. The van der Waals surface area contributed by atoms with Crippen molar-refractivity contribution in [3.63, 3.8) is 0 Å². The summed E-state index contributed by atoms with van der Waals surface area (Å²) in [6.07, 6.45) is 6.27. The lowest BCUT2D eigenvalue weighted by molar-refractivity contribution is -0.139. The Morgan fingerprint density at radius 2 is 1.93 bits per heavy atom. The van der Waals surface area contributed by atoms with Gasteiger partial charge in [0.2, 0.25) is 0 Å². The van der Waals surface area contributed by atoms with Crippen LogP contribution in [0, 0.1) is 0 Å². The number of aromatic nitrogens is 2. The number of halogens is 3. The molecule has 3 heterocycles. The van der Waals surface area contributed by atoms with Crippen LogP contribution < -0.4 is 10.6 Å². The van der Waals surface area contributed by atoms with Crippen LogP contribution in [0.15, 0.2) is 30.6 Å². The second-order valence-corrected chi connectivity index (χ2v) is 11.0. The lowest BCUT2D eigenvalue weighted by atomic mass is 10.1. The number of fused-ring (bicyclic) bond motifs is 1. The number of anilines is 1. The number of aliphatic carboxylic acids is 1. The van der Waals surface area contributed by atoms with E-state index in [1.165, 1.54) is 5.56 Å². The molecule has 1 amide bonds. The maximum atomic E-state index is 13.4. The summed E-state index contributed by atoms with van der Waals surface area (Å²) in [5.74, 6) is -1.43. The molecular formula is C30H40F3N5O4. The predicted octanol–water partition coefficient (Wildman–Crippen LogP) is 4.71. The molecule has 1 atom stereocenters. The Kier molecular flexibility index (Phi) is 11.5. The average molecular weight is 592 g/mol. The van der Waals surface area contributed by atoms with Crippen molar-refractivity contribution in [2.24, 2.45) is 0 Å². The van der Waals surface area contributed by atoms with Crippen molar-refractivity contribution < 1.29 is 32.6 Å². The first-order chi connectivity index (χ1) is 20.2. The van der Waals surface area contributed by atoms with E-state index in [1.54, 1.807) is 0 Å². The van der Waals surface area contributed by atoms with Crippen molar-refractivity contribution in [1.29, 1.82) is 0 Å². The summed E-state index contributed by atoms with van der Waals surface area (Å²) in [5, 5.41) is 15.4. The van der Waals surface area contributed by atoms with Gasteiger partial charge in [-0.05, 0) is 75.6 Å². The molecule has 2 aromatic rings. The molecule has 1 unspecified atom stereocenters. The molecule has 3 N–H and O–H groups in total. The second-order valence-electron chi connectivity index (χ2n) is 11.0. The fourth-order valence-electron chi connectivity index (χ4n) is 5.51. The third-order valence-electron chi connectivity index (χ3n) is 7.88. The highest BCUT2D eigenvalue weighted by molar-refractivity contribution is 5.97. The number of ether oxygens (including phenoxy) is 1. The van der Waals surface area contributed by atoms with Gasteiger partial charge in [-0.3, -0.25) is 9.78 Å². The summed E-state index contributed by atoms with van der Waals surface area (Å²) < 4.78 is 46.1. The molecule has 1 fully saturated rings. The topological polar surface area (TPSA) is 117 Å². The Morgan fingerprint density at radius 3 is 2.69 bits per heavy atom. The first kappa shape index (κ1) is 31.7. The molecule has 0 radical (unpaired) electrons. The number of alkyl halides is 3. The van der Waals surface area contributed by atoms with Gasteiger partial charge in [-0.1, -0.05) is 18.9 Å². The maximum Gasteiger partial charge on any atom is 0.418 e. The zero-order valence-corrected chi connectivity index (χ0v) is 23.8. The fraction of sp³-hybridized carbons (Fsp3) is 0.600. The summed E-state index contributed by atoms with van der Waals surface area (Å²) in [4.78, 5) is 35.0. The molecule has 42 heavy (non-hydrogen) atoms. The molecule has 4 rings (SSSR count). The van der Waals surface area contributed by atoms with Gasteiger partial charge in [0, 0.05) is 37.7 Å². The van der Waals surface area contributed by atoms with Gasteiger partial charge in [0.25, 0.3) is 5.91 Å². The molecule has 230 valence electrons. The minimum atomic E-state index is -4.79. The summed E-state index contributed by atoms with van der Waals surface area (Å²) >= 11 is 0. The Morgan fingerprint density at radius 1 is 1.12 bits per heavy atom. The molecule has 2 aromatic heterocycles. The van der Waals surface area contributed by atoms with Gasteiger partial charge in [-0.2, -0.15) is 13.2 Å². The van der Waals surface area contributed by atoms with Gasteiger partial charge in [-0.15, -0.1) is 0 Å². The van der Waals surface area contributed by atoms with Crippen LogP contribution in [0.3, 0.4) is 0 Å². The molecule has 0 bridgehead atoms. The highest BCUT2D eigenvalue weighted by atomic mass is 19.4. The minimum absolute atomic E-state index is 0.0367. The number of aryl methyl sites for hydroxylation is 2. The second kappa shape index (κ2) is 15.3. The lowest BCUT2D eigenvalue weighted by Gasteiger charge is -2.25. The zero-order chi connectivity index (χ0) is 30.0. The van der Waals surface area contributed by atoms with E-state index in [4.69, 9.17) is 9.72 Å². The predicted molar refractivity (Wildman–Crippen MR) is 151 cm³/mol. The van der Waals surface area contributed by atoms with Crippen LogP contribution in [-0.4, -0.2) is 76.8 Å². The van der Waals surface area contributed by atoms with Crippen LogP contribution >= 0.6 is 0 Å². The number of unbranched alkanes of at least 4 members (excludes halogenated alkanes) is 1. The smallest absolute Gasteiger partial charge is 0.418 e. The number of nitrogens with zero attached hydrogens (tertiary/aromatic N) is 3. The van der Waals surface area contributed by atoms with Crippen molar-refractivity contribution in [3.8, 4) is 0 Å². The third kappa shape index (κ3) is 9.38. The van der Waals surface area contributed by atoms with Gasteiger partial charge in [0.1, 0.15) is 11.9 Å². The largest absolute Gasteiger partial charge is 0.480 e. The van der Waals surface area contributed by atoms with Gasteiger partial charge < -0.3 is 25.4 Å². The number of rotatable bonds is 15. The zero-order valence-electron chi connectivity index (χ0n) is 23.8. The van der Waals surface area contributed by atoms with Crippen LogP contribution in [0.4, 0.5) is 19.0 Å². The molecular weight excluding hydrogens is 551 g/mol. The summed E-state index contributed by atoms with van der Waals surface area (Å²) in [7, 11) is 0. The molecule has 1 saturated carbocycles. The maximum absolute atomic E-state index is 13.4. The van der Waals surface area contributed by atoms with Crippen LogP contribution in [0.2, 0.25) is 0 Å². The lowest BCUT2D eigenvalue weighted by Crippen LogP contribution is -2.44. The molecule has 1 aliphatic heterocycles. The number of hydrogen-bond donors (Lipinski definition) is 3. The van der Waals surface area contributed by atoms with E-state index in [1.807, 2.05) is 0 Å². The quantitative estimate of drug-likeness (QED) is 0.255. The average Bonchev–Trinajstić information content (AvgIpc) is 3.49. The monoisotopic (exact) mass is 591 g/mol. The Bertz CT molecular complexity index is 1190. The first-order valence-electron chi connectivity index (χ1n) is 14.8. The molecule has 0 spiro atoms. The van der Waals surface area contributed by atoms with E-state index in [0.717, 1.165) is 88.1 Å². The summed E-state index contributed by atoms with van der Waals surface area (Å²) in [6.45, 7) is 3.08. The minimum Gasteiger partial charge on any atom is -0.480 e. The third-order valence-corrected chi connectivity index (χ3v) is 7.88. The Hall–Kier alpha value is -3.25. The first-order valence-corrected chi connectivity index (χ1v) is 14.8. The van der Waals surface area contributed by atoms with E-state index in [2.05, 4.69) is 32.7 Å². The van der Waals surface area contributed by atoms with Gasteiger partial charge >= 0.3 is 12.1 Å². The van der Waals surface area contributed by atoms with E-state index >= 15 is 0 Å². The van der Waals surface area contributed by atoms with Gasteiger partial charge in [0.15, 0.2) is 0 Å². The normalized spacial score (nSPS) is 16.2. The highest BCUT2D eigenvalue weighted by Gasteiger charge is 2.36. The molecule has 12 heteroatoms. The SMILES string of the molecule is O=C(NC(CCN(CCCCc1ccc2c(n1)NCCC2)CCOC1CCCC1)C(=O)O)c1ccncc1C(F)(F)F. The number of carboxylic acids is 1. The van der Waals surface area contributed by atoms with E-state index < -0.39 is 35.2 Å². The standard InChI is InChI=1S/C30H40F3N5O4/c31-30(32,33)25-20-34-15-12-24(25)28(39)37-26(29(40)41)13-17-38(18-19-42-23-8-1-2-9-23)16-4-3-7-22-11-10-21-6-5-14-35-27(21)36-22/h10-12,15,20,23,26H,1-9,13-14,16-19H2,(H,35,36)(H,37,39)(H,40,41). The van der Waals surface area contributed by atoms with Crippen molar-refractivity contribution in [1.82, 2.24) is 20.2 Å². The number of carboxylic acid groups (broad SMARTS) is 1. The van der Waals surface area contributed by atoms with Gasteiger partial charge in [-0.25, -0.2) is 9.78 Å². The van der Waals surface area contributed by atoms with Crippen LogP contribution in [0.5, 0.6) is 0 Å². The number of carbonyl (C=O) groups excluding carboxylic acids is 1. The molecule has 2 aliphatic rings. The molecule has 9 nitrogen and oxygen atoms in total. The van der Waals surface area contributed by atoms with E-state index in [-0.39, 0.29) is 12.5 Å². The summed E-state index contributed by atoms with van der Waals surface area (Å²) in [5.41, 5.74) is 0.414. The van der Waals surface area contributed by atoms with Crippen molar-refractivity contribution in [3.05, 3.63) is 53.0 Å². The number of hydrogen-bond acceptors (Lipinski definition) is 7. The van der Waals surface area contributed by atoms with Crippen LogP contribution in [0.25, 0.3) is 0 Å². The number of nitrogens with one attached hydrogen (secondary N) is 2. The van der Waals surface area contributed by atoms with Crippen molar-refractivity contribution in [2.45, 2.75) is 82.5 Å². The van der Waals surface area contributed by atoms with E-state index in [9.17, 15) is 27.9 Å².